The summed E-state index contributed by atoms with van der Waals surface area (Å²) >= 11 is 0. The van der Waals surface area contributed by atoms with Crippen molar-refractivity contribution in [3.05, 3.63) is 24.0 Å². The van der Waals surface area contributed by atoms with Gasteiger partial charge in [-0.25, -0.2) is 17.7 Å². The molecule has 2 fully saturated rings. The molecule has 0 spiro atoms. The van der Waals surface area contributed by atoms with E-state index in [0.29, 0.717) is 24.4 Å². The van der Waals surface area contributed by atoms with E-state index in [-0.39, 0.29) is 10.8 Å². The molecule has 2 aliphatic heterocycles. The number of carbonyl (C=O) groups excluding carboxylic acids is 1. The molecule has 32 heavy (non-hydrogen) atoms. The van der Waals surface area contributed by atoms with Crippen LogP contribution in [0.15, 0.2) is 23.1 Å². The molecule has 1 unspecified atom stereocenters. The van der Waals surface area contributed by atoms with Crippen molar-refractivity contribution in [3.8, 4) is 0 Å². The maximum Gasteiger partial charge on any atom is 0.242 e. The van der Waals surface area contributed by atoms with Crippen molar-refractivity contribution >= 4 is 27.0 Å². The van der Waals surface area contributed by atoms with Crippen LogP contribution in [0.2, 0.25) is 0 Å². The molecule has 2 aromatic rings. The summed E-state index contributed by atoms with van der Waals surface area (Å²) in [6, 6.07) is 5.42. The van der Waals surface area contributed by atoms with E-state index in [4.69, 9.17) is 4.98 Å². The van der Waals surface area contributed by atoms with Crippen LogP contribution in [0.4, 0.5) is 0 Å². The lowest BCUT2D eigenvalue weighted by molar-refractivity contribution is -0.132. The van der Waals surface area contributed by atoms with Crippen LogP contribution >= 0.6 is 0 Å². The van der Waals surface area contributed by atoms with Crippen LogP contribution in [0.5, 0.6) is 0 Å². The Morgan fingerprint density at radius 3 is 2.59 bits per heavy atom. The van der Waals surface area contributed by atoms with E-state index in [1.54, 1.807) is 12.1 Å². The van der Waals surface area contributed by atoms with E-state index in [9.17, 15) is 13.2 Å². The van der Waals surface area contributed by atoms with Gasteiger partial charge in [-0.1, -0.05) is 0 Å². The lowest BCUT2D eigenvalue weighted by Gasteiger charge is -2.28. The van der Waals surface area contributed by atoms with Crippen LogP contribution in [0.3, 0.4) is 0 Å². The predicted octanol–water partition coefficient (Wildman–Crippen LogP) is 2.33. The molecular formula is C23H35N5O3S. The first kappa shape index (κ1) is 23.2. The monoisotopic (exact) mass is 461 g/mol. The summed E-state index contributed by atoms with van der Waals surface area (Å²) in [7, 11) is -0.464. The number of carbonyl (C=O) groups is 1. The van der Waals surface area contributed by atoms with Crippen LogP contribution in [0, 0.1) is 0 Å². The minimum atomic E-state index is -3.51. The summed E-state index contributed by atoms with van der Waals surface area (Å²) in [5.41, 5.74) is 1.56. The van der Waals surface area contributed by atoms with Gasteiger partial charge in [0, 0.05) is 52.6 Å². The van der Waals surface area contributed by atoms with Gasteiger partial charge in [-0.05, 0) is 63.9 Å². The van der Waals surface area contributed by atoms with Gasteiger partial charge < -0.3 is 14.4 Å². The molecule has 0 radical (unpaired) electrons. The number of fused-ring (bicyclic) bond motifs is 1. The summed E-state index contributed by atoms with van der Waals surface area (Å²) in [6.45, 7) is 6.94. The average molecular weight is 462 g/mol. The van der Waals surface area contributed by atoms with Crippen molar-refractivity contribution in [2.24, 2.45) is 0 Å². The Bertz CT molecular complexity index is 1070. The molecule has 2 aliphatic rings. The minimum Gasteiger partial charge on any atom is -0.338 e. The molecule has 1 aromatic heterocycles. The molecule has 4 rings (SSSR count). The number of aryl methyl sites for hydroxylation is 2. The number of sulfonamides is 1. The maximum absolute atomic E-state index is 13.1. The second kappa shape index (κ2) is 9.49. The summed E-state index contributed by atoms with van der Waals surface area (Å²) in [5, 5.41) is 0. The molecule has 176 valence electrons. The number of likely N-dealkylation sites (tertiary alicyclic amines) is 2. The van der Waals surface area contributed by atoms with Gasteiger partial charge in [0.25, 0.3) is 0 Å². The first-order valence-corrected chi connectivity index (χ1v) is 13.2. The summed E-state index contributed by atoms with van der Waals surface area (Å²) < 4.78 is 28.3. The zero-order valence-corrected chi connectivity index (χ0v) is 20.3. The van der Waals surface area contributed by atoms with Crippen molar-refractivity contribution in [3.63, 3.8) is 0 Å². The number of hydrogen-bond acceptors (Lipinski definition) is 5. The molecule has 8 nitrogen and oxygen atoms in total. The van der Waals surface area contributed by atoms with Gasteiger partial charge in [0.1, 0.15) is 5.82 Å². The van der Waals surface area contributed by atoms with E-state index in [2.05, 4.69) is 14.4 Å². The van der Waals surface area contributed by atoms with Crippen molar-refractivity contribution < 1.29 is 13.2 Å². The fraction of sp³-hybridized carbons (Fsp3) is 0.652. The number of imidazole rings is 1. The number of hydrogen-bond donors (Lipinski definition) is 0. The standard InChI is InChI=1S/C23H35N5O3S/c1-4-27-21-10-9-19(32(30,31)25(2)3)16-20(21)24-22(27)11-12-23(29)28-15-7-8-18(28)17-26-13-5-6-14-26/h9-10,16,18H,4-8,11-15,17H2,1-3H3. The number of rotatable bonds is 8. The molecule has 0 bridgehead atoms. The fourth-order valence-electron chi connectivity index (χ4n) is 5.05. The first-order valence-electron chi connectivity index (χ1n) is 11.7. The molecule has 2 saturated heterocycles. The SMILES string of the molecule is CCn1c(CCC(=O)N2CCCC2CN2CCCC2)nc2cc(S(=O)(=O)N(C)C)ccc21. The van der Waals surface area contributed by atoms with Crippen molar-refractivity contribution in [2.75, 3.05) is 40.3 Å². The Balaban J connectivity index is 1.48. The number of aromatic nitrogens is 2. The van der Waals surface area contributed by atoms with Crippen LogP contribution in [0.25, 0.3) is 11.0 Å². The Morgan fingerprint density at radius 1 is 1.16 bits per heavy atom. The van der Waals surface area contributed by atoms with Gasteiger partial charge in [-0.3, -0.25) is 4.79 Å². The Hall–Kier alpha value is -1.97. The van der Waals surface area contributed by atoms with Gasteiger partial charge >= 0.3 is 0 Å². The highest BCUT2D eigenvalue weighted by molar-refractivity contribution is 7.89. The van der Waals surface area contributed by atoms with Crippen LogP contribution in [-0.4, -0.2) is 84.3 Å². The molecule has 3 heterocycles. The zero-order valence-electron chi connectivity index (χ0n) is 19.5. The van der Waals surface area contributed by atoms with Gasteiger partial charge in [0.2, 0.25) is 15.9 Å². The first-order chi connectivity index (χ1) is 15.3. The van der Waals surface area contributed by atoms with Crippen LogP contribution in [0.1, 0.15) is 44.9 Å². The van der Waals surface area contributed by atoms with E-state index in [0.717, 1.165) is 56.9 Å². The highest BCUT2D eigenvalue weighted by Crippen LogP contribution is 2.24. The lowest BCUT2D eigenvalue weighted by Crippen LogP contribution is -2.42. The predicted molar refractivity (Wildman–Crippen MR) is 125 cm³/mol. The van der Waals surface area contributed by atoms with Crippen LogP contribution in [-0.2, 0) is 27.8 Å². The molecule has 1 aromatic carbocycles. The van der Waals surface area contributed by atoms with Crippen molar-refractivity contribution in [1.29, 1.82) is 0 Å². The summed E-state index contributed by atoms with van der Waals surface area (Å²) in [4.78, 5) is 22.6. The van der Waals surface area contributed by atoms with E-state index < -0.39 is 10.0 Å². The smallest absolute Gasteiger partial charge is 0.242 e. The van der Waals surface area contributed by atoms with E-state index in [1.807, 2.05) is 13.0 Å². The highest BCUT2D eigenvalue weighted by atomic mass is 32.2. The number of benzene rings is 1. The third-order valence-corrected chi connectivity index (χ3v) is 8.63. The molecule has 0 saturated carbocycles. The molecule has 0 aliphatic carbocycles. The highest BCUT2D eigenvalue weighted by Gasteiger charge is 2.30. The fourth-order valence-corrected chi connectivity index (χ4v) is 5.98. The third-order valence-electron chi connectivity index (χ3n) is 6.82. The molecule has 1 atom stereocenters. The minimum absolute atomic E-state index is 0.206. The van der Waals surface area contributed by atoms with Crippen molar-refractivity contribution in [2.45, 2.75) is 62.9 Å². The average Bonchev–Trinajstić information content (AvgIpc) is 3.51. The maximum atomic E-state index is 13.1. The molecule has 0 N–H and O–H groups in total. The Labute approximate surface area is 191 Å². The number of nitrogens with zero attached hydrogens (tertiary/aromatic N) is 5. The lowest BCUT2D eigenvalue weighted by atomic mass is 10.2. The van der Waals surface area contributed by atoms with Gasteiger partial charge in [0.15, 0.2) is 0 Å². The third kappa shape index (κ3) is 4.56. The largest absolute Gasteiger partial charge is 0.338 e. The summed E-state index contributed by atoms with van der Waals surface area (Å²) in [5.74, 6) is 1.04. The Kier molecular flexibility index (Phi) is 6.88. The van der Waals surface area contributed by atoms with Crippen LogP contribution < -0.4 is 0 Å². The quantitative estimate of drug-likeness (QED) is 0.603. The van der Waals surface area contributed by atoms with Gasteiger partial charge in [-0.2, -0.15) is 0 Å². The molecular weight excluding hydrogens is 426 g/mol. The topological polar surface area (TPSA) is 78.8 Å². The molecule has 1 amide bonds. The van der Waals surface area contributed by atoms with E-state index >= 15 is 0 Å². The second-order valence-electron chi connectivity index (χ2n) is 9.10. The van der Waals surface area contributed by atoms with Crippen molar-refractivity contribution in [1.82, 2.24) is 23.7 Å². The van der Waals surface area contributed by atoms with Gasteiger partial charge in [-0.15, -0.1) is 0 Å². The zero-order chi connectivity index (χ0) is 22.9. The van der Waals surface area contributed by atoms with E-state index in [1.165, 1.54) is 31.2 Å². The number of amides is 1. The second-order valence-corrected chi connectivity index (χ2v) is 11.3. The summed E-state index contributed by atoms with van der Waals surface area (Å²) in [6.07, 6.45) is 5.71. The van der Waals surface area contributed by atoms with Gasteiger partial charge in [0.05, 0.1) is 15.9 Å². The molecule has 9 heteroatoms. The normalized spacial score (nSPS) is 20.1. The Morgan fingerprint density at radius 2 is 1.91 bits per heavy atom.